The summed E-state index contributed by atoms with van der Waals surface area (Å²) in [4.78, 5) is 23.4. The molecule has 0 bridgehead atoms. The van der Waals surface area contributed by atoms with Gasteiger partial charge in [0.2, 0.25) is 0 Å². The molecule has 0 radical (unpaired) electrons. The number of hydrogen-bond donors (Lipinski definition) is 1. The van der Waals surface area contributed by atoms with Crippen molar-refractivity contribution in [2.75, 3.05) is 26.4 Å². The molecular weight excluding hydrogens is 334 g/mol. The molecule has 1 aromatic rings. The van der Waals surface area contributed by atoms with Gasteiger partial charge >= 0.3 is 0 Å². The number of hydrogen-bond acceptors (Lipinski definition) is 5. The summed E-state index contributed by atoms with van der Waals surface area (Å²) in [7, 11) is 0. The Morgan fingerprint density at radius 2 is 1.96 bits per heavy atom. The minimum atomic E-state index is -0.230. The van der Waals surface area contributed by atoms with E-state index in [2.05, 4.69) is 5.32 Å². The molecule has 1 heterocycles. The van der Waals surface area contributed by atoms with Gasteiger partial charge < -0.3 is 19.5 Å². The van der Waals surface area contributed by atoms with E-state index in [1.807, 2.05) is 19.9 Å². The number of ether oxygens (including phenoxy) is 3. The number of amides is 1. The zero-order chi connectivity index (χ0) is 18.9. The van der Waals surface area contributed by atoms with Crippen LogP contribution in [0.3, 0.4) is 0 Å². The Morgan fingerprint density at radius 3 is 2.62 bits per heavy atom. The molecule has 0 unspecified atom stereocenters. The summed E-state index contributed by atoms with van der Waals surface area (Å²) in [6, 6.07) is 6.53. The van der Waals surface area contributed by atoms with Crippen LogP contribution in [-0.2, 0) is 14.3 Å². The fourth-order valence-corrected chi connectivity index (χ4v) is 2.57. The lowest BCUT2D eigenvalue weighted by Crippen LogP contribution is -2.51. The van der Waals surface area contributed by atoms with E-state index in [1.54, 1.807) is 24.3 Å². The van der Waals surface area contributed by atoms with Crippen LogP contribution in [0.5, 0.6) is 5.75 Å². The standard InChI is InChI=1S/C20H27NO5/c1-14(2)8-11-25-19-9-10-24-12-18(19)21-20(23)13-26-17-6-4-16(5-7-17)15(3)22/h4-8,18-19H,9-13H2,1-3H3,(H,21,23)/t18-,19+/m1/s1. The normalized spacial score (nSPS) is 19.5. The summed E-state index contributed by atoms with van der Waals surface area (Å²) in [5.41, 5.74) is 1.80. The highest BCUT2D eigenvalue weighted by Crippen LogP contribution is 2.14. The SMILES string of the molecule is CC(=O)c1ccc(OCC(=O)N[C@@H]2COCC[C@@H]2OCC=C(C)C)cc1. The van der Waals surface area contributed by atoms with Gasteiger partial charge in [-0.05, 0) is 51.5 Å². The molecule has 2 atom stereocenters. The van der Waals surface area contributed by atoms with Gasteiger partial charge in [0.1, 0.15) is 5.75 Å². The van der Waals surface area contributed by atoms with Crippen LogP contribution in [0, 0.1) is 0 Å². The minimum absolute atomic E-state index is 0.00857. The van der Waals surface area contributed by atoms with Gasteiger partial charge in [0.25, 0.3) is 5.91 Å². The third-order valence-electron chi connectivity index (χ3n) is 4.07. The van der Waals surface area contributed by atoms with Crippen LogP contribution in [0.4, 0.5) is 0 Å². The Kier molecular flexibility index (Phi) is 7.81. The van der Waals surface area contributed by atoms with Crippen LogP contribution in [0.1, 0.15) is 37.6 Å². The molecule has 1 aliphatic heterocycles. The van der Waals surface area contributed by atoms with E-state index < -0.39 is 0 Å². The van der Waals surface area contributed by atoms with Crippen LogP contribution in [0.2, 0.25) is 0 Å². The molecule has 1 aromatic carbocycles. The van der Waals surface area contributed by atoms with Crippen molar-refractivity contribution in [1.29, 1.82) is 0 Å². The fourth-order valence-electron chi connectivity index (χ4n) is 2.57. The van der Waals surface area contributed by atoms with Crippen LogP contribution in [-0.4, -0.2) is 50.3 Å². The number of ketones is 1. The van der Waals surface area contributed by atoms with E-state index in [0.29, 0.717) is 31.1 Å². The van der Waals surface area contributed by atoms with Gasteiger partial charge in [0, 0.05) is 12.2 Å². The highest BCUT2D eigenvalue weighted by Gasteiger charge is 2.27. The number of benzene rings is 1. The Morgan fingerprint density at radius 1 is 1.23 bits per heavy atom. The van der Waals surface area contributed by atoms with Crippen molar-refractivity contribution < 1.29 is 23.8 Å². The Labute approximate surface area is 154 Å². The molecule has 1 fully saturated rings. The highest BCUT2D eigenvalue weighted by molar-refractivity contribution is 5.94. The van der Waals surface area contributed by atoms with E-state index in [1.165, 1.54) is 12.5 Å². The number of allylic oxidation sites excluding steroid dienone is 1. The van der Waals surface area contributed by atoms with Gasteiger partial charge in [-0.1, -0.05) is 11.6 Å². The molecule has 1 amide bonds. The molecule has 1 saturated heterocycles. The average Bonchev–Trinajstić information content (AvgIpc) is 2.61. The Bertz CT molecular complexity index is 634. The Hall–Kier alpha value is -2.18. The van der Waals surface area contributed by atoms with Crippen LogP contribution < -0.4 is 10.1 Å². The van der Waals surface area contributed by atoms with Crippen LogP contribution in [0.25, 0.3) is 0 Å². The van der Waals surface area contributed by atoms with Crippen molar-refractivity contribution in [3.63, 3.8) is 0 Å². The maximum atomic E-state index is 12.2. The summed E-state index contributed by atoms with van der Waals surface area (Å²) in [5, 5.41) is 2.92. The van der Waals surface area contributed by atoms with Gasteiger partial charge in [-0.3, -0.25) is 9.59 Å². The molecule has 0 saturated carbocycles. The smallest absolute Gasteiger partial charge is 0.258 e. The van der Waals surface area contributed by atoms with Gasteiger partial charge in [0.15, 0.2) is 12.4 Å². The number of carbonyl (C=O) groups excluding carboxylic acids is 2. The second kappa shape index (κ2) is 10.1. The first kappa shape index (κ1) is 20.1. The maximum Gasteiger partial charge on any atom is 0.258 e. The number of Topliss-reactive ketones (excluding diaryl/α,β-unsaturated/α-hetero) is 1. The van der Waals surface area contributed by atoms with Crippen molar-refractivity contribution in [1.82, 2.24) is 5.32 Å². The molecule has 1 N–H and O–H groups in total. The zero-order valence-corrected chi connectivity index (χ0v) is 15.6. The molecule has 0 aromatic heterocycles. The molecule has 26 heavy (non-hydrogen) atoms. The zero-order valence-electron chi connectivity index (χ0n) is 15.6. The van der Waals surface area contributed by atoms with E-state index in [4.69, 9.17) is 14.2 Å². The third-order valence-corrected chi connectivity index (χ3v) is 4.07. The predicted octanol–water partition coefficient (Wildman–Crippen LogP) is 2.52. The van der Waals surface area contributed by atoms with Gasteiger partial charge in [-0.2, -0.15) is 0 Å². The monoisotopic (exact) mass is 361 g/mol. The van der Waals surface area contributed by atoms with Crippen LogP contribution >= 0.6 is 0 Å². The topological polar surface area (TPSA) is 73.9 Å². The third kappa shape index (κ3) is 6.61. The molecule has 6 nitrogen and oxygen atoms in total. The molecule has 6 heteroatoms. The molecule has 0 spiro atoms. The van der Waals surface area contributed by atoms with Crippen LogP contribution in [0.15, 0.2) is 35.9 Å². The molecule has 142 valence electrons. The first-order valence-corrected chi connectivity index (χ1v) is 8.81. The van der Waals surface area contributed by atoms with Crippen molar-refractivity contribution in [2.45, 2.75) is 39.3 Å². The fraction of sp³-hybridized carbons (Fsp3) is 0.500. The molecule has 0 aliphatic carbocycles. The summed E-state index contributed by atoms with van der Waals surface area (Å²) < 4.78 is 16.8. The predicted molar refractivity (Wildman–Crippen MR) is 98.5 cm³/mol. The first-order valence-electron chi connectivity index (χ1n) is 8.81. The maximum absolute atomic E-state index is 12.2. The lowest BCUT2D eigenvalue weighted by molar-refractivity contribution is -0.127. The van der Waals surface area contributed by atoms with Crippen molar-refractivity contribution >= 4 is 11.7 Å². The second-order valence-corrected chi connectivity index (χ2v) is 6.56. The lowest BCUT2D eigenvalue weighted by Gasteiger charge is -2.31. The molecular formula is C20H27NO5. The average molecular weight is 361 g/mol. The van der Waals surface area contributed by atoms with E-state index in [0.717, 1.165) is 6.42 Å². The number of rotatable bonds is 8. The van der Waals surface area contributed by atoms with Gasteiger partial charge in [-0.25, -0.2) is 0 Å². The van der Waals surface area contributed by atoms with Crippen molar-refractivity contribution in [2.24, 2.45) is 0 Å². The largest absolute Gasteiger partial charge is 0.484 e. The quantitative estimate of drug-likeness (QED) is 0.569. The lowest BCUT2D eigenvalue weighted by atomic mass is 10.1. The Balaban J connectivity index is 1.80. The minimum Gasteiger partial charge on any atom is -0.484 e. The highest BCUT2D eigenvalue weighted by atomic mass is 16.5. The summed E-state index contributed by atoms with van der Waals surface area (Å²) in [6.45, 7) is 7.03. The number of nitrogens with one attached hydrogen (secondary N) is 1. The molecule has 2 rings (SSSR count). The van der Waals surface area contributed by atoms with E-state index >= 15 is 0 Å². The van der Waals surface area contributed by atoms with Gasteiger partial charge in [-0.15, -0.1) is 0 Å². The van der Waals surface area contributed by atoms with Crippen molar-refractivity contribution in [3.8, 4) is 5.75 Å². The summed E-state index contributed by atoms with van der Waals surface area (Å²) >= 11 is 0. The van der Waals surface area contributed by atoms with Gasteiger partial charge in [0.05, 0.1) is 25.4 Å². The van der Waals surface area contributed by atoms with E-state index in [9.17, 15) is 9.59 Å². The number of carbonyl (C=O) groups is 2. The molecule has 1 aliphatic rings. The second-order valence-electron chi connectivity index (χ2n) is 6.56. The summed E-state index contributed by atoms with van der Waals surface area (Å²) in [6.07, 6.45) is 2.69. The summed E-state index contributed by atoms with van der Waals surface area (Å²) in [5.74, 6) is 0.305. The van der Waals surface area contributed by atoms with Crippen molar-refractivity contribution in [3.05, 3.63) is 41.5 Å². The van der Waals surface area contributed by atoms with E-state index in [-0.39, 0.29) is 30.4 Å². The first-order chi connectivity index (χ1) is 12.5.